The fraction of sp³-hybridized carbons (Fsp3) is 0.684. The molecular formula is C19H36N2. The normalized spacial score (nSPS) is 11.4. The van der Waals surface area contributed by atoms with E-state index in [9.17, 15) is 0 Å². The van der Waals surface area contributed by atoms with Crippen LogP contribution in [0.15, 0.2) is 36.7 Å². The smallest absolute Gasteiger partial charge is 0.0263 e. The fourth-order valence-electron chi connectivity index (χ4n) is 2.03. The molecular weight excluding hydrogens is 256 g/mol. The van der Waals surface area contributed by atoms with Gasteiger partial charge in [0.1, 0.15) is 0 Å². The second-order valence-corrected chi connectivity index (χ2v) is 6.54. The first kappa shape index (κ1) is 19.8. The molecule has 0 spiro atoms. The van der Waals surface area contributed by atoms with Crippen LogP contribution < -0.4 is 5.32 Å². The first-order valence-electron chi connectivity index (χ1n) is 8.35. The molecule has 0 aliphatic carbocycles. The maximum atomic E-state index is 4.13. The van der Waals surface area contributed by atoms with Gasteiger partial charge < -0.3 is 10.2 Å². The van der Waals surface area contributed by atoms with Crippen LogP contribution in [0.2, 0.25) is 0 Å². The molecule has 0 atom stereocenters. The summed E-state index contributed by atoms with van der Waals surface area (Å²) in [6.45, 7) is 19.0. The van der Waals surface area contributed by atoms with Crippen LogP contribution in [0.3, 0.4) is 0 Å². The number of unbranched alkanes of at least 4 members (excludes halogenated alkanes) is 3. The summed E-state index contributed by atoms with van der Waals surface area (Å²) in [4.78, 5) is 2.29. The van der Waals surface area contributed by atoms with Gasteiger partial charge in [0.2, 0.25) is 0 Å². The number of hydrogen-bond acceptors (Lipinski definition) is 2. The molecule has 0 aliphatic heterocycles. The van der Waals surface area contributed by atoms with E-state index in [1.54, 1.807) is 0 Å². The Balaban J connectivity index is 3.53. The Bertz CT molecular complexity index is 326. The number of hydrogen-bond donors (Lipinski definition) is 1. The average Bonchev–Trinajstić information content (AvgIpc) is 2.42. The summed E-state index contributed by atoms with van der Waals surface area (Å²) in [6.07, 6.45) is 9.27. The van der Waals surface area contributed by atoms with Gasteiger partial charge >= 0.3 is 0 Å². The topological polar surface area (TPSA) is 15.3 Å². The van der Waals surface area contributed by atoms with E-state index in [1.165, 1.54) is 31.4 Å². The Hall–Kier alpha value is -1.18. The van der Waals surface area contributed by atoms with Gasteiger partial charge in [-0.25, -0.2) is 0 Å². The Kier molecular flexibility index (Phi) is 10.8. The molecule has 0 heterocycles. The molecule has 122 valence electrons. The van der Waals surface area contributed by atoms with E-state index in [0.29, 0.717) is 11.8 Å². The zero-order valence-electron chi connectivity index (χ0n) is 14.9. The maximum Gasteiger partial charge on any atom is 0.0263 e. The van der Waals surface area contributed by atoms with E-state index in [4.69, 9.17) is 0 Å². The van der Waals surface area contributed by atoms with Crippen molar-refractivity contribution >= 4 is 0 Å². The van der Waals surface area contributed by atoms with E-state index in [2.05, 4.69) is 70.3 Å². The molecule has 0 aromatic heterocycles. The van der Waals surface area contributed by atoms with E-state index in [0.717, 1.165) is 18.8 Å². The van der Waals surface area contributed by atoms with Gasteiger partial charge in [0.15, 0.2) is 0 Å². The molecule has 21 heavy (non-hydrogen) atoms. The second kappa shape index (κ2) is 11.5. The highest BCUT2D eigenvalue weighted by atomic mass is 15.1. The molecule has 0 saturated carbocycles. The number of allylic oxidation sites excluding steroid dienone is 3. The third-order valence-corrected chi connectivity index (χ3v) is 3.61. The molecule has 0 unspecified atom stereocenters. The van der Waals surface area contributed by atoms with Gasteiger partial charge in [0.25, 0.3) is 0 Å². The molecule has 0 radical (unpaired) electrons. The van der Waals surface area contributed by atoms with Crippen LogP contribution in [0.25, 0.3) is 0 Å². The summed E-state index contributed by atoms with van der Waals surface area (Å²) in [5.74, 6) is 1.13. The average molecular weight is 293 g/mol. The molecule has 0 amide bonds. The summed E-state index contributed by atoms with van der Waals surface area (Å²) < 4.78 is 0. The van der Waals surface area contributed by atoms with Crippen LogP contribution in [-0.2, 0) is 0 Å². The van der Waals surface area contributed by atoms with Crippen LogP contribution in [-0.4, -0.2) is 25.0 Å². The molecule has 0 fully saturated rings. The summed E-state index contributed by atoms with van der Waals surface area (Å²) in [5.41, 5.74) is 2.27. The van der Waals surface area contributed by atoms with E-state index < -0.39 is 0 Å². The summed E-state index contributed by atoms with van der Waals surface area (Å²) >= 11 is 0. The summed E-state index contributed by atoms with van der Waals surface area (Å²) in [7, 11) is 2.15. The first-order chi connectivity index (χ1) is 9.84. The van der Waals surface area contributed by atoms with Crippen molar-refractivity contribution in [3.8, 4) is 0 Å². The van der Waals surface area contributed by atoms with E-state index in [-0.39, 0.29) is 0 Å². The minimum Gasteiger partial charge on any atom is -0.386 e. The van der Waals surface area contributed by atoms with Crippen molar-refractivity contribution in [2.45, 2.75) is 53.4 Å². The Labute approximate surface area is 133 Å². The zero-order chi connectivity index (χ0) is 16.3. The zero-order valence-corrected chi connectivity index (χ0v) is 14.9. The highest BCUT2D eigenvalue weighted by Gasteiger charge is 2.05. The van der Waals surface area contributed by atoms with Crippen LogP contribution in [0.1, 0.15) is 53.4 Å². The van der Waals surface area contributed by atoms with Crippen molar-refractivity contribution in [3.63, 3.8) is 0 Å². The molecule has 2 heteroatoms. The van der Waals surface area contributed by atoms with Gasteiger partial charge in [-0.3, -0.25) is 0 Å². The molecule has 0 saturated heterocycles. The minimum atomic E-state index is 0.545. The number of rotatable bonds is 12. The third-order valence-electron chi connectivity index (χ3n) is 3.61. The molecule has 1 N–H and O–H groups in total. The highest BCUT2D eigenvalue weighted by molar-refractivity contribution is 5.12. The molecule has 2 nitrogen and oxygen atoms in total. The van der Waals surface area contributed by atoms with Gasteiger partial charge in [-0.1, -0.05) is 59.8 Å². The second-order valence-electron chi connectivity index (χ2n) is 6.54. The number of nitrogens with one attached hydrogen (secondary N) is 1. The lowest BCUT2D eigenvalue weighted by Gasteiger charge is -2.24. The van der Waals surface area contributed by atoms with Crippen molar-refractivity contribution in [2.24, 2.45) is 11.8 Å². The van der Waals surface area contributed by atoms with Crippen LogP contribution in [0.4, 0.5) is 0 Å². The first-order valence-corrected chi connectivity index (χ1v) is 8.35. The number of nitrogens with zero attached hydrogens (tertiary/aromatic N) is 1. The lowest BCUT2D eigenvalue weighted by atomic mass is 10.1. The van der Waals surface area contributed by atoms with Gasteiger partial charge in [-0.2, -0.15) is 0 Å². The van der Waals surface area contributed by atoms with Gasteiger partial charge in [0, 0.05) is 31.5 Å². The van der Waals surface area contributed by atoms with E-state index in [1.807, 2.05) is 0 Å². The van der Waals surface area contributed by atoms with Crippen molar-refractivity contribution < 1.29 is 0 Å². The summed E-state index contributed by atoms with van der Waals surface area (Å²) in [5, 5.41) is 3.37. The Morgan fingerprint density at radius 2 is 1.67 bits per heavy atom. The largest absolute Gasteiger partial charge is 0.386 e. The predicted molar refractivity (Wildman–Crippen MR) is 96.2 cm³/mol. The highest BCUT2D eigenvalue weighted by Crippen LogP contribution is 2.12. The molecule has 0 aromatic rings. The lowest BCUT2D eigenvalue weighted by Crippen LogP contribution is -2.21. The SMILES string of the molecule is C=C(/C=C/C(C)C)NCCCCCCN(C)C(=C)C(C)C. The van der Waals surface area contributed by atoms with E-state index >= 15 is 0 Å². The van der Waals surface area contributed by atoms with Crippen molar-refractivity contribution in [3.05, 3.63) is 36.7 Å². The van der Waals surface area contributed by atoms with Crippen molar-refractivity contribution in [2.75, 3.05) is 20.1 Å². The molecule has 0 aliphatic rings. The summed E-state index contributed by atoms with van der Waals surface area (Å²) in [6, 6.07) is 0. The quantitative estimate of drug-likeness (QED) is 0.404. The Morgan fingerprint density at radius 1 is 1.05 bits per heavy atom. The standard InChI is InChI=1S/C19H36N2/c1-16(2)12-13-18(5)20-14-10-8-9-11-15-21(7)19(6)17(3)4/h12-13,16-17,20H,5-6,8-11,14-15H2,1-4,7H3/b13-12+. The van der Waals surface area contributed by atoms with Crippen LogP contribution >= 0.6 is 0 Å². The molecule has 0 aromatic carbocycles. The van der Waals surface area contributed by atoms with Gasteiger partial charge in [0.05, 0.1) is 0 Å². The molecule has 0 rings (SSSR count). The van der Waals surface area contributed by atoms with Crippen molar-refractivity contribution in [1.82, 2.24) is 10.2 Å². The minimum absolute atomic E-state index is 0.545. The fourth-order valence-corrected chi connectivity index (χ4v) is 2.03. The van der Waals surface area contributed by atoms with Crippen molar-refractivity contribution in [1.29, 1.82) is 0 Å². The third kappa shape index (κ3) is 11.2. The van der Waals surface area contributed by atoms with Crippen LogP contribution in [0.5, 0.6) is 0 Å². The maximum absolute atomic E-state index is 4.13. The predicted octanol–water partition coefficient (Wildman–Crippen LogP) is 4.96. The van der Waals surface area contributed by atoms with Crippen LogP contribution in [0, 0.1) is 11.8 Å². The molecule has 0 bridgehead atoms. The Morgan fingerprint density at radius 3 is 2.24 bits per heavy atom. The van der Waals surface area contributed by atoms with Gasteiger partial charge in [-0.05, 0) is 30.8 Å². The van der Waals surface area contributed by atoms with Gasteiger partial charge in [-0.15, -0.1) is 0 Å². The monoisotopic (exact) mass is 292 g/mol. The lowest BCUT2D eigenvalue weighted by molar-refractivity contribution is 0.363.